The lowest BCUT2D eigenvalue weighted by Crippen LogP contribution is -2.41. The molecule has 7 N–H and O–H groups in total. The van der Waals surface area contributed by atoms with Crippen molar-refractivity contribution in [3.8, 4) is 17.9 Å². The maximum atomic E-state index is 14.7. The number of nitrogens with zero attached hydrogens (tertiary/aromatic N) is 9. The normalized spacial score (nSPS) is 21.6. The fraction of sp³-hybridized carbons (Fsp3) is 0.624. The van der Waals surface area contributed by atoms with E-state index in [1.54, 1.807) is 32.0 Å². The maximum absolute atomic E-state index is 14.7. The lowest BCUT2D eigenvalue weighted by Gasteiger charge is -2.29. The molecule has 3 fully saturated rings. The smallest absolute Gasteiger partial charge is 0.404 e. The zero-order valence-corrected chi connectivity index (χ0v) is 70.7. The molecule has 0 aliphatic carbocycles. The second-order valence-corrected chi connectivity index (χ2v) is 34.0. The van der Waals surface area contributed by atoms with Crippen LogP contribution in [0.2, 0.25) is 0 Å². The molecule has 0 bridgehead atoms. The van der Waals surface area contributed by atoms with Gasteiger partial charge in [0.25, 0.3) is 5.69 Å². The predicted octanol–water partition coefficient (Wildman–Crippen LogP) is 16.5. The highest BCUT2D eigenvalue weighted by Crippen LogP contribution is 2.54. The van der Waals surface area contributed by atoms with Crippen LogP contribution in [0.15, 0.2) is 122 Å². The summed E-state index contributed by atoms with van der Waals surface area (Å²) in [6, 6.07) is 34.7. The summed E-state index contributed by atoms with van der Waals surface area (Å²) in [6.45, 7) is 8.07. The van der Waals surface area contributed by atoms with E-state index in [-0.39, 0.29) is 68.4 Å². The number of non-ortho nitro benzene ring substituents is 1. The molecule has 31 nitrogen and oxygen atoms in total. The molecule has 648 valence electrons. The van der Waals surface area contributed by atoms with Crippen molar-refractivity contribution in [3.05, 3.63) is 154 Å². The molecular formula is C85H123N11O20P2. The highest BCUT2D eigenvalue weighted by Gasteiger charge is 2.66. The molecule has 12 atom stereocenters. The number of hydrogen-bond acceptors (Lipinski definition) is 27. The number of nitrogens with two attached hydrogens (primary N) is 2. The number of aliphatic hydroxyl groups is 2. The van der Waals surface area contributed by atoms with Crippen molar-refractivity contribution in [2.45, 2.75) is 287 Å². The fourth-order valence-electron chi connectivity index (χ4n) is 14.7. The number of anilines is 2. The average Bonchev–Trinajstić information content (AvgIpc) is 1.57. The van der Waals surface area contributed by atoms with Gasteiger partial charge in [-0.25, -0.2) is 28.1 Å². The standard InChI is InChI=1S/C47H65N6O11P.C38H58N5O9P/c1-4-5-6-7-8-9-10-11-12-13-14-15-16-20-29-57-31-39(58-30-36-21-18-17-19-22-36)32-59-65(56,64-38-25-23-37(24-26-38)53(54)55)60-33-41-43-44(63-46(2,3)62-43)47(34-48,61-41)42-28-27-40-45(49)50-35-51-52(40)42;1-2-3-4-5-6-7-8-9-10-11-12-13-14-18-23-48-25-31(49-24-30-19-16-15-17-20-30)26-50-53(46,47)51-27-33-35(44)36(45)38(28-39,52-33)34-22-21-32-37(40)41-29-42-43(32)34/h17-19,21-28,35,39,41,43-44H,4-16,20,29-33H2,1-3H3,(H2,49,50,51);15-17,19-22,29,31,33,35-36,44-45H,2-14,18,23-27H2,1H3,(H,46,47)(H2,40,41,42)/t39-,41-,43-,44-,47+,65?;31-,33-,35-,36-,38+/m11/s1. The number of rotatable bonds is 57. The Morgan fingerprint density at radius 3 is 1.41 bits per heavy atom. The van der Waals surface area contributed by atoms with Gasteiger partial charge in [-0.2, -0.15) is 20.7 Å². The number of unbranched alkanes of at least 4 members (excludes halogenated alkanes) is 26. The molecule has 118 heavy (non-hydrogen) atoms. The van der Waals surface area contributed by atoms with Gasteiger partial charge in [0.15, 0.2) is 17.4 Å². The first-order valence-electron chi connectivity index (χ1n) is 42.1. The van der Waals surface area contributed by atoms with Gasteiger partial charge in [0.2, 0.25) is 11.2 Å². The van der Waals surface area contributed by atoms with E-state index >= 15 is 0 Å². The maximum Gasteiger partial charge on any atom is 0.530 e. The van der Waals surface area contributed by atoms with E-state index in [1.807, 2.05) is 66.7 Å². The third-order valence-corrected chi connectivity index (χ3v) is 23.5. The number of benzene rings is 3. The highest BCUT2D eigenvalue weighted by molar-refractivity contribution is 7.49. The second-order valence-electron chi connectivity index (χ2n) is 30.9. The number of fused-ring (bicyclic) bond motifs is 3. The summed E-state index contributed by atoms with van der Waals surface area (Å²) in [5.74, 6) is -0.807. The van der Waals surface area contributed by atoms with Crippen LogP contribution in [0.4, 0.5) is 17.3 Å². The fourth-order valence-corrected chi connectivity index (χ4v) is 16.7. The van der Waals surface area contributed by atoms with E-state index in [9.17, 15) is 44.9 Å². The van der Waals surface area contributed by atoms with Gasteiger partial charge in [0, 0.05) is 25.3 Å². The van der Waals surface area contributed by atoms with Crippen molar-refractivity contribution in [1.29, 1.82) is 10.5 Å². The Labute approximate surface area is 693 Å². The number of aromatic nitrogens is 6. The highest BCUT2D eigenvalue weighted by atomic mass is 31.2. The zero-order valence-electron chi connectivity index (χ0n) is 68.9. The number of aliphatic hydroxyl groups excluding tert-OH is 2. The molecule has 7 heterocycles. The number of nitriles is 2. The minimum absolute atomic E-state index is 0.00941. The molecule has 0 amide bonds. The summed E-state index contributed by atoms with van der Waals surface area (Å²) in [4.78, 5) is 29.3. The van der Waals surface area contributed by atoms with Gasteiger partial charge < -0.3 is 69.0 Å². The van der Waals surface area contributed by atoms with Crippen LogP contribution in [0.5, 0.6) is 5.75 Å². The summed E-state index contributed by atoms with van der Waals surface area (Å²) in [5.41, 5.74) is 11.0. The molecule has 3 aromatic carbocycles. The van der Waals surface area contributed by atoms with Crippen molar-refractivity contribution >= 4 is 44.0 Å². The molecule has 33 heteroatoms. The SMILES string of the molecule is CCCCCCCCCCCCCCCCOC[C@H](COP(=O)(O)OC[C@H]1O[C@@](C#N)(c2ccc3c(N)ncnn23)[C@H](O)[C@@H]1O)OCc1ccccc1.CCCCCCCCCCCCCCCCOC[C@H](COP(=O)(OC[C@H]1O[C@@](C#N)(c2ccc3c(N)ncnn23)[C@@H]2OC(C)(C)O[C@@H]21)Oc1ccc([N+](=O)[O-])cc1)OCc1ccccc1. The minimum Gasteiger partial charge on any atom is -0.404 e. The number of ether oxygens (including phenoxy) is 8. The Kier molecular flexibility index (Phi) is 39.1. The Morgan fingerprint density at radius 1 is 0.534 bits per heavy atom. The van der Waals surface area contributed by atoms with E-state index in [0.717, 1.165) is 43.2 Å². The van der Waals surface area contributed by atoms with E-state index in [0.29, 0.717) is 29.9 Å². The molecule has 0 spiro atoms. The molecular weight excluding hydrogens is 1560 g/mol. The van der Waals surface area contributed by atoms with Crippen LogP contribution in [0.25, 0.3) is 11.0 Å². The van der Waals surface area contributed by atoms with E-state index < -0.39 is 99.6 Å². The zero-order chi connectivity index (χ0) is 84.1. The average molecular weight is 1680 g/mol. The monoisotopic (exact) mass is 1680 g/mol. The summed E-state index contributed by atoms with van der Waals surface area (Å²) in [5, 5.41) is 62.5. The third kappa shape index (κ3) is 28.6. The molecule has 3 aliphatic heterocycles. The number of nitrogen functional groups attached to an aromatic ring is 2. The lowest BCUT2D eigenvalue weighted by atomic mass is 9.92. The Balaban J connectivity index is 0.000000275. The van der Waals surface area contributed by atoms with E-state index in [4.69, 9.17) is 72.0 Å². The van der Waals surface area contributed by atoms with Crippen molar-refractivity contribution in [2.75, 3.05) is 64.3 Å². The molecule has 7 aromatic rings. The van der Waals surface area contributed by atoms with Gasteiger partial charge in [-0.05, 0) is 74.2 Å². The number of phosphoric ester groups is 2. The van der Waals surface area contributed by atoms with Crippen LogP contribution in [-0.2, 0) is 89.5 Å². The number of nitro groups is 1. The van der Waals surface area contributed by atoms with Gasteiger partial charge in [0.05, 0.1) is 69.2 Å². The van der Waals surface area contributed by atoms with Crippen LogP contribution in [0.1, 0.15) is 230 Å². The van der Waals surface area contributed by atoms with E-state index in [1.165, 1.54) is 200 Å². The van der Waals surface area contributed by atoms with Gasteiger partial charge in [-0.15, -0.1) is 0 Å². The molecule has 2 unspecified atom stereocenters. The molecule has 4 aromatic heterocycles. The van der Waals surface area contributed by atoms with Crippen LogP contribution < -0.4 is 16.0 Å². The molecule has 3 aliphatic rings. The first-order valence-corrected chi connectivity index (χ1v) is 45.1. The van der Waals surface area contributed by atoms with Crippen LogP contribution in [0.3, 0.4) is 0 Å². The van der Waals surface area contributed by atoms with Crippen molar-refractivity contribution in [3.63, 3.8) is 0 Å². The van der Waals surface area contributed by atoms with Crippen molar-refractivity contribution < 1.29 is 89.7 Å². The molecule has 10 rings (SSSR count). The summed E-state index contributed by atoms with van der Waals surface area (Å²) < 4.78 is 108. The van der Waals surface area contributed by atoms with Gasteiger partial charge >= 0.3 is 15.6 Å². The molecule has 0 radical (unpaired) electrons. The van der Waals surface area contributed by atoms with Crippen molar-refractivity contribution in [2.24, 2.45) is 0 Å². The lowest BCUT2D eigenvalue weighted by molar-refractivity contribution is -0.384. The van der Waals surface area contributed by atoms with E-state index in [2.05, 4.69) is 40.1 Å². The summed E-state index contributed by atoms with van der Waals surface area (Å²) in [6.07, 6.45) is 28.8. The van der Waals surface area contributed by atoms with Crippen LogP contribution >= 0.6 is 15.6 Å². The minimum atomic E-state index is -4.71. The van der Waals surface area contributed by atoms with Crippen LogP contribution in [-0.4, -0.2) is 157 Å². The predicted molar refractivity (Wildman–Crippen MR) is 442 cm³/mol. The Bertz CT molecular complexity index is 4270. The topological polar surface area (TPSA) is 418 Å². The first kappa shape index (κ1) is 94.4. The van der Waals surface area contributed by atoms with Gasteiger partial charge in [-0.3, -0.25) is 28.2 Å². The van der Waals surface area contributed by atoms with Gasteiger partial charge in [-0.1, -0.05) is 241 Å². The van der Waals surface area contributed by atoms with Crippen LogP contribution in [0, 0.1) is 32.8 Å². The van der Waals surface area contributed by atoms with Crippen molar-refractivity contribution in [1.82, 2.24) is 29.2 Å². The first-order chi connectivity index (χ1) is 57.2. The Hall–Kier alpha value is -7.46. The largest absolute Gasteiger partial charge is 0.530 e. The Morgan fingerprint density at radius 2 is 0.958 bits per heavy atom. The summed E-state index contributed by atoms with van der Waals surface area (Å²) in [7, 11) is -9.30. The third-order valence-electron chi connectivity index (χ3n) is 21.2. The molecule has 3 saturated heterocycles. The molecule has 0 saturated carbocycles. The number of hydrogen-bond donors (Lipinski definition) is 5. The number of nitro benzene ring substituents is 1. The summed E-state index contributed by atoms with van der Waals surface area (Å²) >= 11 is 0. The quantitative estimate of drug-likeness (QED) is 0.0102. The second kappa shape index (κ2) is 48.8. The number of phosphoric acid groups is 2. The van der Waals surface area contributed by atoms with Gasteiger partial charge in [0.1, 0.15) is 90.4 Å².